The number of hydrogen-bond donors (Lipinski definition) is 0. The minimum absolute atomic E-state index is 0.0544. The Morgan fingerprint density at radius 3 is 1.21 bits per heavy atom. The predicted molar refractivity (Wildman–Crippen MR) is 106 cm³/mol. The van der Waals surface area contributed by atoms with Crippen molar-refractivity contribution in [2.24, 2.45) is 0 Å². The lowest BCUT2D eigenvalue weighted by molar-refractivity contribution is -0.163. The number of fused-ring (bicyclic) bond motifs is 1. The zero-order chi connectivity index (χ0) is 25.3. The van der Waals surface area contributed by atoms with Crippen molar-refractivity contribution >= 4 is 47.8 Å². The van der Waals surface area contributed by atoms with Gasteiger partial charge in [-0.05, 0) is 18.6 Å². The van der Waals surface area contributed by atoms with Gasteiger partial charge in [-0.25, -0.2) is 14.4 Å². The van der Waals surface area contributed by atoms with Gasteiger partial charge in [-0.1, -0.05) is 18.7 Å². The number of carbonyl (C=O) groups is 8. The summed E-state index contributed by atoms with van der Waals surface area (Å²) >= 11 is 0. The molecule has 1 aromatic carbocycles. The summed E-state index contributed by atoms with van der Waals surface area (Å²) in [6.45, 7) is 3.29. The summed E-state index contributed by atoms with van der Waals surface area (Å²) < 4.78 is 16.7. The molecule has 0 saturated carbocycles. The molecule has 12 heteroatoms. The molecule has 0 aromatic heterocycles. The van der Waals surface area contributed by atoms with E-state index in [9.17, 15) is 38.4 Å². The smallest absolute Gasteiger partial charge is 0.346 e. The highest BCUT2D eigenvalue weighted by Gasteiger charge is 2.28. The molecule has 3 saturated heterocycles. The lowest BCUT2D eigenvalue weighted by atomic mass is 10.1. The van der Waals surface area contributed by atoms with E-state index in [1.165, 1.54) is 0 Å². The molecule has 4 heterocycles. The maximum Gasteiger partial charge on any atom is 0.346 e. The highest BCUT2D eigenvalue weighted by atomic mass is 16.6. The van der Waals surface area contributed by atoms with Crippen molar-refractivity contribution in [3.05, 3.63) is 47.5 Å². The molecule has 0 radical (unpaired) electrons. The number of esters is 8. The van der Waals surface area contributed by atoms with Gasteiger partial charge in [0.25, 0.3) is 0 Å². The van der Waals surface area contributed by atoms with Gasteiger partial charge >= 0.3 is 47.8 Å². The van der Waals surface area contributed by atoms with E-state index in [0.717, 1.165) is 0 Å². The molecule has 4 aliphatic rings. The van der Waals surface area contributed by atoms with Gasteiger partial charge in [0.1, 0.15) is 0 Å². The number of carbonyl (C=O) groups excluding carboxylic acids is 8. The van der Waals surface area contributed by atoms with Gasteiger partial charge in [-0.15, -0.1) is 0 Å². The van der Waals surface area contributed by atoms with Crippen LogP contribution in [0.5, 0.6) is 0 Å². The second-order valence-electron chi connectivity index (χ2n) is 6.81. The second-order valence-corrected chi connectivity index (χ2v) is 6.81. The fourth-order valence-corrected chi connectivity index (χ4v) is 2.53. The number of benzene rings is 1. The first-order valence-corrected chi connectivity index (χ1v) is 9.82. The first-order chi connectivity index (χ1) is 16.1. The Balaban J connectivity index is 0.000000163. The van der Waals surface area contributed by atoms with Crippen LogP contribution in [0.2, 0.25) is 0 Å². The standard InChI is InChI=1S/C8H4O3.C5H4O3.C5H6O3.C4H4O3/c9-7-5-3-1-2-4-6(5)8(10)11-7;1-3-2-4(6)8-5(3)7;6-4-2-1-3-5(7)8-4;5-3-1-2-4(6)7-3/h1-4H;1-2H2;1-3H2;1-2H2. The van der Waals surface area contributed by atoms with E-state index in [2.05, 4.69) is 25.5 Å². The van der Waals surface area contributed by atoms with Gasteiger partial charge in [0.15, 0.2) is 0 Å². The number of hydrogen-bond acceptors (Lipinski definition) is 12. The quantitative estimate of drug-likeness (QED) is 0.227. The average Bonchev–Trinajstić information content (AvgIpc) is 3.40. The highest BCUT2D eigenvalue weighted by Crippen LogP contribution is 2.18. The molecule has 0 atom stereocenters. The molecule has 34 heavy (non-hydrogen) atoms. The Hall–Kier alpha value is -4.48. The Morgan fingerprint density at radius 2 is 0.971 bits per heavy atom. The number of rotatable bonds is 0. The maximum absolute atomic E-state index is 10.8. The van der Waals surface area contributed by atoms with Crippen LogP contribution in [0.4, 0.5) is 0 Å². The lowest BCUT2D eigenvalue weighted by Crippen LogP contribution is -2.17. The van der Waals surface area contributed by atoms with Crippen LogP contribution >= 0.6 is 0 Å². The summed E-state index contributed by atoms with van der Waals surface area (Å²) in [4.78, 5) is 82.5. The number of ether oxygens (including phenoxy) is 4. The van der Waals surface area contributed by atoms with Crippen LogP contribution in [0.1, 0.15) is 59.2 Å². The van der Waals surface area contributed by atoms with Crippen LogP contribution in [-0.4, -0.2) is 47.8 Å². The number of cyclic esters (lactones) is 8. The summed E-state index contributed by atoms with van der Waals surface area (Å²) in [6, 6.07) is 6.53. The van der Waals surface area contributed by atoms with Gasteiger partial charge < -0.3 is 18.9 Å². The Morgan fingerprint density at radius 1 is 0.529 bits per heavy atom. The molecule has 12 nitrogen and oxygen atoms in total. The first-order valence-electron chi connectivity index (χ1n) is 9.82. The SMILES string of the molecule is C=C1CC(=O)OC1=O.O=C1CCC(=O)O1.O=C1CCCC(=O)O1.O=C1OC(=O)c2ccccc21. The van der Waals surface area contributed by atoms with Crippen LogP contribution in [0.25, 0.3) is 0 Å². The molecule has 0 N–H and O–H groups in total. The monoisotopic (exact) mass is 474 g/mol. The highest BCUT2D eigenvalue weighted by molar-refractivity contribution is 6.14. The second kappa shape index (κ2) is 11.9. The summed E-state index contributed by atoms with van der Waals surface area (Å²) in [6.07, 6.45) is 2.02. The normalized spacial score (nSPS) is 18.2. The van der Waals surface area contributed by atoms with Crippen molar-refractivity contribution < 1.29 is 57.3 Å². The molecule has 0 amide bonds. The lowest BCUT2D eigenvalue weighted by Gasteiger charge is -2.06. The molecule has 0 unspecified atom stereocenters. The van der Waals surface area contributed by atoms with Gasteiger partial charge in [0.2, 0.25) is 0 Å². The average molecular weight is 474 g/mol. The Bertz CT molecular complexity index is 1000. The molecule has 4 aliphatic heterocycles. The minimum Gasteiger partial charge on any atom is -0.393 e. The fourth-order valence-electron chi connectivity index (χ4n) is 2.53. The zero-order valence-electron chi connectivity index (χ0n) is 17.7. The fraction of sp³-hybridized carbons (Fsp3) is 0.273. The van der Waals surface area contributed by atoms with Gasteiger partial charge in [0, 0.05) is 18.4 Å². The molecule has 178 valence electrons. The van der Waals surface area contributed by atoms with Crippen molar-refractivity contribution in [2.45, 2.75) is 38.5 Å². The van der Waals surface area contributed by atoms with Gasteiger partial charge in [-0.2, -0.15) is 0 Å². The molecule has 0 aliphatic carbocycles. The van der Waals surface area contributed by atoms with E-state index in [0.29, 0.717) is 30.4 Å². The minimum atomic E-state index is -0.588. The van der Waals surface area contributed by atoms with E-state index in [4.69, 9.17) is 0 Å². The summed E-state index contributed by atoms with van der Waals surface area (Å²) in [5.74, 6) is -3.76. The van der Waals surface area contributed by atoms with Crippen molar-refractivity contribution in [1.29, 1.82) is 0 Å². The van der Waals surface area contributed by atoms with Crippen molar-refractivity contribution in [2.75, 3.05) is 0 Å². The van der Waals surface area contributed by atoms with Crippen molar-refractivity contribution in [1.82, 2.24) is 0 Å². The molecular weight excluding hydrogens is 456 g/mol. The summed E-state index contributed by atoms with van der Waals surface area (Å²) in [5.41, 5.74) is 0.963. The van der Waals surface area contributed by atoms with E-state index in [1.54, 1.807) is 24.3 Å². The van der Waals surface area contributed by atoms with E-state index in [1.807, 2.05) is 0 Å². The van der Waals surface area contributed by atoms with Crippen molar-refractivity contribution in [3.8, 4) is 0 Å². The predicted octanol–water partition coefficient (Wildman–Crippen LogP) is 1.10. The van der Waals surface area contributed by atoms with Crippen molar-refractivity contribution in [3.63, 3.8) is 0 Å². The zero-order valence-corrected chi connectivity index (χ0v) is 17.7. The van der Waals surface area contributed by atoms with Crippen LogP contribution in [0.3, 0.4) is 0 Å². The topological polar surface area (TPSA) is 173 Å². The van der Waals surface area contributed by atoms with Gasteiger partial charge in [0.05, 0.1) is 30.4 Å². The third-order valence-electron chi connectivity index (χ3n) is 4.16. The molecule has 3 fully saturated rings. The van der Waals surface area contributed by atoms with E-state index in [-0.39, 0.29) is 36.8 Å². The van der Waals surface area contributed by atoms with Gasteiger partial charge in [-0.3, -0.25) is 24.0 Å². The molecule has 5 rings (SSSR count). The van der Waals surface area contributed by atoms with E-state index >= 15 is 0 Å². The Labute approximate surface area is 191 Å². The molecule has 0 bridgehead atoms. The Kier molecular flexibility index (Phi) is 9.06. The molecule has 1 aromatic rings. The molecule has 0 spiro atoms. The third-order valence-corrected chi connectivity index (χ3v) is 4.16. The third kappa shape index (κ3) is 7.89. The maximum atomic E-state index is 10.8. The van der Waals surface area contributed by atoms with E-state index < -0.39 is 35.8 Å². The molecular formula is C22H18O12. The van der Waals surface area contributed by atoms with Crippen LogP contribution in [-0.2, 0) is 47.7 Å². The first kappa shape index (κ1) is 25.8. The summed E-state index contributed by atoms with van der Waals surface area (Å²) in [5, 5.41) is 0. The van der Waals surface area contributed by atoms with Crippen LogP contribution < -0.4 is 0 Å². The largest absolute Gasteiger partial charge is 0.393 e. The summed E-state index contributed by atoms with van der Waals surface area (Å²) in [7, 11) is 0. The van der Waals surface area contributed by atoms with Crippen LogP contribution in [0, 0.1) is 0 Å². The van der Waals surface area contributed by atoms with Crippen LogP contribution in [0.15, 0.2) is 36.4 Å².